The number of nitrogens with zero attached hydrogens (tertiary/aromatic N) is 6. The first kappa shape index (κ1) is 17.2. The van der Waals surface area contributed by atoms with Gasteiger partial charge in [-0.15, -0.1) is 0 Å². The van der Waals surface area contributed by atoms with Crippen LogP contribution in [0.25, 0.3) is 0 Å². The number of unbranched alkanes of at least 4 members (excludes halogenated alkanes) is 1. The molecule has 2 aromatic heterocycles. The number of hydrogen-bond acceptors (Lipinski definition) is 6. The van der Waals surface area contributed by atoms with Gasteiger partial charge >= 0.3 is 0 Å². The molecule has 0 aromatic carbocycles. The van der Waals surface area contributed by atoms with Crippen LogP contribution in [-0.2, 0) is 13.0 Å². The molecule has 0 saturated carbocycles. The van der Waals surface area contributed by atoms with Crippen LogP contribution >= 0.6 is 0 Å². The van der Waals surface area contributed by atoms with Gasteiger partial charge in [0.05, 0.1) is 5.69 Å². The molecule has 2 aliphatic heterocycles. The van der Waals surface area contributed by atoms with Crippen molar-refractivity contribution in [2.75, 3.05) is 49.1 Å². The van der Waals surface area contributed by atoms with Gasteiger partial charge in [-0.1, -0.05) is 19.4 Å². The van der Waals surface area contributed by atoms with Gasteiger partial charge in [0.1, 0.15) is 5.82 Å². The molecule has 2 aromatic rings. The van der Waals surface area contributed by atoms with Crippen molar-refractivity contribution in [1.29, 1.82) is 0 Å². The highest BCUT2D eigenvalue weighted by Crippen LogP contribution is 2.21. The maximum absolute atomic E-state index is 4.90. The van der Waals surface area contributed by atoms with Gasteiger partial charge in [-0.2, -0.15) is 0 Å². The van der Waals surface area contributed by atoms with Crippen molar-refractivity contribution in [2.45, 2.75) is 32.7 Å². The van der Waals surface area contributed by atoms with E-state index in [1.165, 1.54) is 30.6 Å². The van der Waals surface area contributed by atoms with Gasteiger partial charge in [0.2, 0.25) is 5.95 Å². The zero-order valence-corrected chi connectivity index (χ0v) is 15.6. The Balaban J connectivity index is 1.38. The maximum atomic E-state index is 4.90. The fraction of sp³-hybridized carbons (Fsp3) is 0.550. The van der Waals surface area contributed by atoms with E-state index in [0.717, 1.165) is 57.5 Å². The van der Waals surface area contributed by atoms with E-state index in [0.29, 0.717) is 0 Å². The van der Waals surface area contributed by atoms with Crippen molar-refractivity contribution in [3.63, 3.8) is 0 Å². The quantitative estimate of drug-likeness (QED) is 0.823. The number of hydrogen-bond donors (Lipinski definition) is 0. The summed E-state index contributed by atoms with van der Waals surface area (Å²) in [5, 5.41) is 0. The lowest BCUT2D eigenvalue weighted by Gasteiger charge is -2.36. The Morgan fingerprint density at radius 2 is 1.85 bits per heavy atom. The minimum Gasteiger partial charge on any atom is -0.353 e. The van der Waals surface area contributed by atoms with E-state index in [1.54, 1.807) is 0 Å². The molecule has 4 heterocycles. The van der Waals surface area contributed by atoms with E-state index in [1.807, 2.05) is 18.3 Å². The minimum absolute atomic E-state index is 0.895. The molecular weight excluding hydrogens is 324 g/mol. The molecule has 0 bridgehead atoms. The zero-order valence-electron chi connectivity index (χ0n) is 15.6. The largest absolute Gasteiger partial charge is 0.353 e. The predicted octanol–water partition coefficient (Wildman–Crippen LogP) is 2.36. The highest BCUT2D eigenvalue weighted by atomic mass is 15.3. The number of fused-ring (bicyclic) bond motifs is 1. The van der Waals surface area contributed by atoms with Crippen LogP contribution in [0, 0.1) is 0 Å². The topological polar surface area (TPSA) is 48.4 Å². The summed E-state index contributed by atoms with van der Waals surface area (Å²) in [5.74, 6) is 1.96. The lowest BCUT2D eigenvalue weighted by molar-refractivity contribution is 0.247. The van der Waals surface area contributed by atoms with Gasteiger partial charge in [-0.3, -0.25) is 4.90 Å². The smallest absolute Gasteiger partial charge is 0.225 e. The fourth-order valence-electron chi connectivity index (χ4n) is 3.77. The Labute approximate surface area is 155 Å². The van der Waals surface area contributed by atoms with Crippen LogP contribution in [0.2, 0.25) is 0 Å². The van der Waals surface area contributed by atoms with E-state index >= 15 is 0 Å². The lowest BCUT2D eigenvalue weighted by atomic mass is 10.1. The monoisotopic (exact) mass is 352 g/mol. The number of pyridine rings is 1. The Kier molecular flexibility index (Phi) is 5.29. The highest BCUT2D eigenvalue weighted by Gasteiger charge is 2.22. The van der Waals surface area contributed by atoms with Crippen LogP contribution in [0.1, 0.15) is 31.0 Å². The van der Waals surface area contributed by atoms with Crippen molar-refractivity contribution in [3.05, 3.63) is 41.9 Å². The van der Waals surface area contributed by atoms with Gasteiger partial charge in [0, 0.05) is 63.6 Å². The Morgan fingerprint density at radius 1 is 1.00 bits per heavy atom. The molecule has 6 nitrogen and oxygen atoms in total. The summed E-state index contributed by atoms with van der Waals surface area (Å²) in [5.41, 5.74) is 2.55. The first-order chi connectivity index (χ1) is 12.8. The van der Waals surface area contributed by atoms with E-state index < -0.39 is 0 Å². The first-order valence-electron chi connectivity index (χ1n) is 9.81. The average molecular weight is 352 g/mol. The normalized spacial score (nSPS) is 18.0. The predicted molar refractivity (Wildman–Crippen MR) is 105 cm³/mol. The van der Waals surface area contributed by atoms with Gasteiger partial charge in [0.15, 0.2) is 0 Å². The summed E-state index contributed by atoms with van der Waals surface area (Å²) in [7, 11) is 0. The van der Waals surface area contributed by atoms with E-state index in [4.69, 9.17) is 4.98 Å². The summed E-state index contributed by atoms with van der Waals surface area (Å²) < 4.78 is 0. The van der Waals surface area contributed by atoms with Crippen molar-refractivity contribution in [3.8, 4) is 0 Å². The lowest BCUT2D eigenvalue weighted by Crippen LogP contribution is -2.47. The van der Waals surface area contributed by atoms with E-state index in [9.17, 15) is 0 Å². The SMILES string of the molecule is CCCCN1CCc2nc(N3CCN(c4ccccn4)CC3)ncc2C1. The van der Waals surface area contributed by atoms with Crippen LogP contribution in [-0.4, -0.2) is 59.1 Å². The third-order valence-corrected chi connectivity index (χ3v) is 5.36. The Hall–Kier alpha value is -2.21. The van der Waals surface area contributed by atoms with Crippen molar-refractivity contribution in [2.24, 2.45) is 0 Å². The summed E-state index contributed by atoms with van der Waals surface area (Å²) in [6.45, 7) is 9.37. The number of rotatable bonds is 5. The molecule has 0 unspecified atom stereocenters. The number of aromatic nitrogens is 3. The molecule has 4 rings (SSSR count). The third kappa shape index (κ3) is 3.80. The average Bonchev–Trinajstić information content (AvgIpc) is 2.72. The van der Waals surface area contributed by atoms with Gasteiger partial charge in [-0.05, 0) is 25.1 Å². The second-order valence-corrected chi connectivity index (χ2v) is 7.18. The van der Waals surface area contributed by atoms with Gasteiger partial charge < -0.3 is 9.80 Å². The van der Waals surface area contributed by atoms with Crippen molar-refractivity contribution in [1.82, 2.24) is 19.9 Å². The molecule has 138 valence electrons. The molecule has 0 radical (unpaired) electrons. The molecule has 0 amide bonds. The number of anilines is 2. The van der Waals surface area contributed by atoms with Crippen LogP contribution in [0.3, 0.4) is 0 Å². The summed E-state index contributed by atoms with van der Waals surface area (Å²) in [6.07, 6.45) is 7.49. The summed E-state index contributed by atoms with van der Waals surface area (Å²) in [4.78, 5) is 21.2. The van der Waals surface area contributed by atoms with Crippen LogP contribution in [0.15, 0.2) is 30.6 Å². The molecule has 1 fully saturated rings. The molecule has 0 spiro atoms. The van der Waals surface area contributed by atoms with Gasteiger partial charge in [0.25, 0.3) is 0 Å². The maximum Gasteiger partial charge on any atom is 0.225 e. The molecular formula is C20H28N6. The highest BCUT2D eigenvalue weighted by molar-refractivity contribution is 5.42. The number of piperazine rings is 1. The molecule has 1 saturated heterocycles. The van der Waals surface area contributed by atoms with Crippen molar-refractivity contribution >= 4 is 11.8 Å². The van der Waals surface area contributed by atoms with Crippen LogP contribution in [0.5, 0.6) is 0 Å². The molecule has 6 heteroatoms. The Bertz CT molecular complexity index is 711. The van der Waals surface area contributed by atoms with Crippen LogP contribution < -0.4 is 9.80 Å². The van der Waals surface area contributed by atoms with E-state index in [-0.39, 0.29) is 0 Å². The summed E-state index contributed by atoms with van der Waals surface area (Å²) in [6, 6.07) is 6.09. The van der Waals surface area contributed by atoms with Crippen molar-refractivity contribution < 1.29 is 0 Å². The second kappa shape index (κ2) is 7.99. The summed E-state index contributed by atoms with van der Waals surface area (Å²) >= 11 is 0. The standard InChI is InChI=1S/C20H28N6/c1-2-3-9-24-10-7-18-17(16-24)15-22-20(23-18)26-13-11-25(12-14-26)19-6-4-5-8-21-19/h4-6,8,15H,2-3,7,9-14,16H2,1H3. The van der Waals surface area contributed by atoms with E-state index in [2.05, 4.69) is 43.9 Å². The first-order valence-corrected chi connectivity index (χ1v) is 9.81. The molecule has 0 atom stereocenters. The fourth-order valence-corrected chi connectivity index (χ4v) is 3.77. The zero-order chi connectivity index (χ0) is 17.8. The Morgan fingerprint density at radius 3 is 2.62 bits per heavy atom. The molecule has 26 heavy (non-hydrogen) atoms. The minimum atomic E-state index is 0.895. The molecule has 0 aliphatic carbocycles. The molecule has 0 N–H and O–H groups in total. The van der Waals surface area contributed by atoms with Gasteiger partial charge in [-0.25, -0.2) is 15.0 Å². The molecule has 2 aliphatic rings. The second-order valence-electron chi connectivity index (χ2n) is 7.18. The van der Waals surface area contributed by atoms with Crippen LogP contribution in [0.4, 0.5) is 11.8 Å². The third-order valence-electron chi connectivity index (χ3n) is 5.36.